The highest BCUT2D eigenvalue weighted by atomic mass is 127. The Hall–Kier alpha value is -0.0800. The molecular formula is C10H10F11IO. The van der Waals surface area contributed by atoms with Gasteiger partial charge in [-0.05, 0) is 13.3 Å². The van der Waals surface area contributed by atoms with Crippen LogP contribution in [0.5, 0.6) is 0 Å². The average molecular weight is 482 g/mol. The first-order chi connectivity index (χ1) is 9.91. The SMILES string of the molecule is CC(CCC(F)(F)F)OC(F)(CI)C(F)(C(F)(F)F)C(F)(F)F. The van der Waals surface area contributed by atoms with Gasteiger partial charge in [0.05, 0.1) is 10.5 Å². The van der Waals surface area contributed by atoms with Gasteiger partial charge in [0.25, 0.3) is 5.85 Å². The van der Waals surface area contributed by atoms with Crippen molar-refractivity contribution in [3.8, 4) is 0 Å². The van der Waals surface area contributed by atoms with Crippen LogP contribution in [-0.2, 0) is 4.74 Å². The standard InChI is InChI=1S/C10H10F11IO/c1-5(2-3-7(12,13)14)23-6(11,4-22)8(15,9(16,17)18)10(19,20)21/h5H,2-4H2,1H3. The summed E-state index contributed by atoms with van der Waals surface area (Å²) in [7, 11) is 0. The number of alkyl halides is 12. The van der Waals surface area contributed by atoms with Gasteiger partial charge in [-0.1, -0.05) is 22.6 Å². The van der Waals surface area contributed by atoms with Gasteiger partial charge in [0, 0.05) is 6.42 Å². The second-order valence-electron chi connectivity index (χ2n) is 4.60. The van der Waals surface area contributed by atoms with Crippen molar-refractivity contribution in [2.24, 2.45) is 0 Å². The van der Waals surface area contributed by atoms with Gasteiger partial charge in [-0.3, -0.25) is 0 Å². The summed E-state index contributed by atoms with van der Waals surface area (Å²) in [6.45, 7) is 0.611. The van der Waals surface area contributed by atoms with Crippen molar-refractivity contribution in [2.75, 3.05) is 4.43 Å². The van der Waals surface area contributed by atoms with Gasteiger partial charge in [0.1, 0.15) is 0 Å². The molecule has 0 aliphatic rings. The Morgan fingerprint density at radius 3 is 1.48 bits per heavy atom. The summed E-state index contributed by atoms with van der Waals surface area (Å²) in [6.07, 6.45) is -23.1. The molecule has 0 aromatic rings. The molecule has 0 radical (unpaired) electrons. The van der Waals surface area contributed by atoms with Crippen molar-refractivity contribution in [3.05, 3.63) is 0 Å². The highest BCUT2D eigenvalue weighted by Crippen LogP contribution is 2.55. The molecule has 0 aromatic carbocycles. The van der Waals surface area contributed by atoms with E-state index in [9.17, 15) is 48.3 Å². The Labute approximate surface area is 136 Å². The Bertz CT molecular complexity index is 374. The zero-order valence-corrected chi connectivity index (χ0v) is 13.3. The molecule has 23 heavy (non-hydrogen) atoms. The van der Waals surface area contributed by atoms with E-state index in [2.05, 4.69) is 4.74 Å². The highest BCUT2D eigenvalue weighted by Gasteiger charge is 2.83. The molecule has 0 fully saturated rings. The van der Waals surface area contributed by atoms with E-state index in [1.807, 2.05) is 0 Å². The quantitative estimate of drug-likeness (QED) is 0.270. The van der Waals surface area contributed by atoms with Crippen molar-refractivity contribution in [2.45, 2.75) is 55.9 Å². The monoisotopic (exact) mass is 482 g/mol. The van der Waals surface area contributed by atoms with E-state index in [0.717, 1.165) is 0 Å². The number of rotatable bonds is 6. The molecule has 0 aromatic heterocycles. The van der Waals surface area contributed by atoms with Crippen LogP contribution in [0.1, 0.15) is 19.8 Å². The predicted molar refractivity (Wildman–Crippen MR) is 64.5 cm³/mol. The molecule has 0 saturated heterocycles. The topological polar surface area (TPSA) is 9.23 Å². The van der Waals surface area contributed by atoms with Gasteiger partial charge >= 0.3 is 24.2 Å². The van der Waals surface area contributed by atoms with Gasteiger partial charge in [0.15, 0.2) is 0 Å². The Balaban J connectivity index is 5.55. The van der Waals surface area contributed by atoms with E-state index in [0.29, 0.717) is 29.5 Å². The van der Waals surface area contributed by atoms with Crippen LogP contribution in [0, 0.1) is 0 Å². The first-order valence-corrected chi connectivity index (χ1v) is 7.25. The van der Waals surface area contributed by atoms with Crippen molar-refractivity contribution in [3.63, 3.8) is 0 Å². The lowest BCUT2D eigenvalue weighted by Crippen LogP contribution is -2.68. The van der Waals surface area contributed by atoms with Crippen molar-refractivity contribution >= 4 is 22.6 Å². The Kier molecular flexibility index (Phi) is 7.01. The third kappa shape index (κ3) is 5.19. The van der Waals surface area contributed by atoms with Crippen molar-refractivity contribution in [1.29, 1.82) is 0 Å². The van der Waals surface area contributed by atoms with Crippen LogP contribution in [0.2, 0.25) is 0 Å². The third-order valence-electron chi connectivity index (χ3n) is 2.69. The van der Waals surface area contributed by atoms with Crippen LogP contribution in [0.4, 0.5) is 48.3 Å². The number of ether oxygens (including phenoxy) is 1. The van der Waals surface area contributed by atoms with Crippen LogP contribution in [0.3, 0.4) is 0 Å². The fraction of sp³-hybridized carbons (Fsp3) is 1.00. The maximum atomic E-state index is 14.1. The van der Waals surface area contributed by atoms with Crippen LogP contribution < -0.4 is 0 Å². The van der Waals surface area contributed by atoms with E-state index >= 15 is 0 Å². The maximum Gasteiger partial charge on any atom is 0.437 e. The van der Waals surface area contributed by atoms with Crippen molar-refractivity contribution < 1.29 is 53.0 Å². The molecule has 0 N–H and O–H groups in total. The first-order valence-electron chi connectivity index (χ1n) is 5.73. The van der Waals surface area contributed by atoms with E-state index in [4.69, 9.17) is 0 Å². The summed E-state index contributed by atoms with van der Waals surface area (Å²) >= 11 is 0.687. The molecule has 0 heterocycles. The van der Waals surface area contributed by atoms with Gasteiger partial charge in [-0.25, -0.2) is 8.78 Å². The summed E-state index contributed by atoms with van der Waals surface area (Å²) in [6, 6.07) is 0. The number of hydrogen-bond donors (Lipinski definition) is 0. The fourth-order valence-corrected chi connectivity index (χ4v) is 2.24. The molecule has 0 rings (SSSR count). The van der Waals surface area contributed by atoms with Crippen LogP contribution >= 0.6 is 22.6 Å². The van der Waals surface area contributed by atoms with Crippen LogP contribution in [0.15, 0.2) is 0 Å². The average Bonchev–Trinajstić information content (AvgIpc) is 2.31. The summed E-state index contributed by atoms with van der Waals surface area (Å²) in [5.41, 5.74) is -6.39. The zero-order chi connectivity index (χ0) is 18.9. The predicted octanol–water partition coefficient (Wildman–Crippen LogP) is 5.67. The third-order valence-corrected chi connectivity index (χ3v) is 3.67. The molecular weight excluding hydrogens is 472 g/mol. The molecule has 2 atom stereocenters. The summed E-state index contributed by atoms with van der Waals surface area (Å²) in [5, 5.41) is 0. The van der Waals surface area contributed by atoms with E-state index in [-0.39, 0.29) is 0 Å². The molecule has 13 heteroatoms. The van der Waals surface area contributed by atoms with E-state index in [1.54, 1.807) is 0 Å². The molecule has 140 valence electrons. The molecule has 0 bridgehead atoms. The lowest BCUT2D eigenvalue weighted by molar-refractivity contribution is -0.415. The van der Waals surface area contributed by atoms with E-state index < -0.39 is 53.4 Å². The van der Waals surface area contributed by atoms with Crippen LogP contribution in [-0.4, -0.2) is 40.6 Å². The van der Waals surface area contributed by atoms with Crippen molar-refractivity contribution in [1.82, 2.24) is 0 Å². The van der Waals surface area contributed by atoms with Gasteiger partial charge in [0.2, 0.25) is 0 Å². The largest absolute Gasteiger partial charge is 0.437 e. The maximum absolute atomic E-state index is 14.1. The molecule has 1 nitrogen and oxygen atoms in total. The summed E-state index contributed by atoms with van der Waals surface area (Å²) < 4.78 is 141. The molecule has 0 spiro atoms. The second kappa shape index (κ2) is 7.04. The minimum atomic E-state index is -6.73. The lowest BCUT2D eigenvalue weighted by Gasteiger charge is -2.41. The minimum Gasteiger partial charge on any atom is -0.339 e. The summed E-state index contributed by atoms with van der Waals surface area (Å²) in [5.74, 6) is -4.94. The molecule has 0 amide bonds. The second-order valence-corrected chi connectivity index (χ2v) is 5.36. The number of hydrogen-bond acceptors (Lipinski definition) is 1. The summed E-state index contributed by atoms with van der Waals surface area (Å²) in [4.78, 5) is 0. The lowest BCUT2D eigenvalue weighted by atomic mass is 9.95. The normalized spacial score (nSPS) is 18.7. The van der Waals surface area contributed by atoms with Gasteiger partial charge in [-0.2, -0.15) is 39.5 Å². The Morgan fingerprint density at radius 1 is 0.826 bits per heavy atom. The Morgan fingerprint density at radius 2 is 1.22 bits per heavy atom. The zero-order valence-electron chi connectivity index (χ0n) is 11.1. The van der Waals surface area contributed by atoms with Gasteiger partial charge < -0.3 is 4.74 Å². The molecule has 0 aliphatic heterocycles. The fourth-order valence-electron chi connectivity index (χ4n) is 1.53. The first kappa shape index (κ1) is 22.9. The minimum absolute atomic E-state index is 0.611. The molecule has 0 saturated carbocycles. The van der Waals surface area contributed by atoms with Gasteiger partial charge in [-0.15, -0.1) is 0 Å². The molecule has 0 aliphatic carbocycles. The smallest absolute Gasteiger partial charge is 0.339 e. The highest BCUT2D eigenvalue weighted by molar-refractivity contribution is 14.1. The number of halogens is 12. The van der Waals surface area contributed by atoms with E-state index in [1.165, 1.54) is 0 Å². The van der Waals surface area contributed by atoms with Crippen LogP contribution in [0.25, 0.3) is 0 Å². The molecule has 2 unspecified atom stereocenters.